The van der Waals surface area contributed by atoms with Crippen LogP contribution >= 0.6 is 11.8 Å². The molecule has 2 atom stereocenters. The van der Waals surface area contributed by atoms with Crippen LogP contribution in [-0.4, -0.2) is 74.1 Å². The van der Waals surface area contributed by atoms with Crippen molar-refractivity contribution in [3.63, 3.8) is 0 Å². The maximum atomic E-state index is 15.5. The average Bonchev–Trinajstić information content (AvgIpc) is 3.51. The van der Waals surface area contributed by atoms with Crippen LogP contribution in [0.25, 0.3) is 11.2 Å². The molecule has 0 saturated carbocycles. The Labute approximate surface area is 262 Å². The third-order valence-corrected chi connectivity index (χ3v) is 10.8. The predicted molar refractivity (Wildman–Crippen MR) is 171 cm³/mol. The van der Waals surface area contributed by atoms with Crippen molar-refractivity contribution in [3.8, 4) is 0 Å². The number of amides is 2. The third kappa shape index (κ3) is 6.31. The van der Waals surface area contributed by atoms with E-state index in [4.69, 9.17) is 0 Å². The molecule has 2 amide bonds. The minimum atomic E-state index is -0.517. The number of thioether (sulfide) groups is 1. The molecule has 0 spiro atoms. The lowest BCUT2D eigenvalue weighted by atomic mass is 9.86. The molecule has 3 fully saturated rings. The molecular weight excluding hydrogens is 579 g/mol. The zero-order chi connectivity index (χ0) is 31.0. The number of halogens is 1. The molecule has 2 N–H and O–H groups in total. The molecule has 0 radical (unpaired) electrons. The number of aromatic amines is 1. The average molecular weight is 623 g/mol. The van der Waals surface area contributed by atoms with Gasteiger partial charge in [-0.3, -0.25) is 19.1 Å². The number of fused-ring (bicyclic) bond motifs is 1. The first-order valence-electron chi connectivity index (χ1n) is 15.9. The first kappa shape index (κ1) is 30.8. The minimum absolute atomic E-state index is 0.0226. The van der Waals surface area contributed by atoms with Gasteiger partial charge in [-0.15, -0.1) is 11.8 Å². The second kappa shape index (κ2) is 12.7. The molecule has 44 heavy (non-hydrogen) atoms. The normalized spacial score (nSPS) is 22.3. The van der Waals surface area contributed by atoms with Gasteiger partial charge in [-0.1, -0.05) is 32.9 Å². The first-order chi connectivity index (χ1) is 21.1. The van der Waals surface area contributed by atoms with Crippen molar-refractivity contribution in [2.45, 2.75) is 81.9 Å². The number of likely N-dealkylation sites (tertiary alicyclic amines) is 1. The SMILES string of the molecule is CC(C)(C)CCN1C(=O)[C@H](CC(=O)N2CCC(n3c(=O)[nH]c4ncccc43)CC2)SC1c1cccc(F)c1C1CCNCC1. The van der Waals surface area contributed by atoms with E-state index in [1.807, 2.05) is 28.0 Å². The molecule has 3 aromatic rings. The van der Waals surface area contributed by atoms with Gasteiger partial charge in [0, 0.05) is 38.3 Å². The molecule has 3 saturated heterocycles. The Morgan fingerprint density at radius 1 is 1.07 bits per heavy atom. The Balaban J connectivity index is 1.18. The fraction of sp³-hybridized carbons (Fsp3) is 0.576. The summed E-state index contributed by atoms with van der Waals surface area (Å²) in [6.45, 7) is 9.78. The molecule has 11 heteroatoms. The standard InChI is InChI=1S/C33H43FN6O3S/c1-33(2,3)13-19-39-30(42)26(44-31(39)23-6-4-7-24(34)28(23)21-9-15-35-16-10-21)20-27(41)38-17-11-22(12-18-38)40-25-8-5-14-36-29(25)37-32(40)43/h4-8,14,21-22,26,31,35H,9-13,15-20H2,1-3H3,(H,36,37,43)/t26-,31?/m0/s1. The van der Waals surface area contributed by atoms with Crippen LogP contribution in [-0.2, 0) is 9.59 Å². The number of piperidine rings is 2. The molecule has 1 aromatic carbocycles. The van der Waals surface area contributed by atoms with E-state index in [1.165, 1.54) is 17.8 Å². The monoisotopic (exact) mass is 622 g/mol. The van der Waals surface area contributed by atoms with Crippen LogP contribution < -0.4 is 11.0 Å². The van der Waals surface area contributed by atoms with Gasteiger partial charge in [0.2, 0.25) is 11.8 Å². The highest BCUT2D eigenvalue weighted by Gasteiger charge is 2.44. The van der Waals surface area contributed by atoms with Crippen LogP contribution in [0.2, 0.25) is 0 Å². The van der Waals surface area contributed by atoms with Gasteiger partial charge in [-0.05, 0) is 85.9 Å². The number of carbonyl (C=O) groups excluding carboxylic acids is 2. The summed E-state index contributed by atoms with van der Waals surface area (Å²) in [5, 5.41) is 2.53. The molecule has 1 unspecified atom stereocenters. The van der Waals surface area contributed by atoms with Gasteiger partial charge in [-0.25, -0.2) is 14.2 Å². The molecule has 5 heterocycles. The largest absolute Gasteiger partial charge is 0.342 e. The van der Waals surface area contributed by atoms with Crippen LogP contribution in [0.5, 0.6) is 0 Å². The minimum Gasteiger partial charge on any atom is -0.342 e. The van der Waals surface area contributed by atoms with E-state index in [1.54, 1.807) is 16.8 Å². The van der Waals surface area contributed by atoms with Gasteiger partial charge in [0.15, 0.2) is 5.65 Å². The molecule has 3 aliphatic rings. The highest BCUT2D eigenvalue weighted by atomic mass is 32.2. The molecule has 0 aliphatic carbocycles. The topological polar surface area (TPSA) is 103 Å². The fourth-order valence-electron chi connectivity index (χ4n) is 6.94. The van der Waals surface area contributed by atoms with E-state index in [0.717, 1.165) is 49.0 Å². The second-order valence-corrected chi connectivity index (χ2v) is 14.9. The van der Waals surface area contributed by atoms with E-state index in [2.05, 4.69) is 36.1 Å². The van der Waals surface area contributed by atoms with Crippen LogP contribution in [0.15, 0.2) is 41.3 Å². The number of hydrogen-bond acceptors (Lipinski definition) is 6. The predicted octanol–water partition coefficient (Wildman–Crippen LogP) is 4.96. The van der Waals surface area contributed by atoms with Crippen molar-refractivity contribution in [1.29, 1.82) is 0 Å². The summed E-state index contributed by atoms with van der Waals surface area (Å²) in [5.74, 6) is -0.178. The summed E-state index contributed by atoms with van der Waals surface area (Å²) in [5.41, 5.74) is 2.79. The van der Waals surface area contributed by atoms with Gasteiger partial charge < -0.3 is 15.1 Å². The smallest absolute Gasteiger partial charge is 0.327 e. The first-order valence-corrected chi connectivity index (χ1v) is 16.8. The second-order valence-electron chi connectivity index (χ2n) is 13.6. The Morgan fingerprint density at radius 3 is 2.55 bits per heavy atom. The summed E-state index contributed by atoms with van der Waals surface area (Å²) in [4.78, 5) is 51.0. The zero-order valence-electron chi connectivity index (χ0n) is 25.9. The van der Waals surface area contributed by atoms with Crippen molar-refractivity contribution in [2.24, 2.45) is 5.41 Å². The van der Waals surface area contributed by atoms with E-state index in [0.29, 0.717) is 38.1 Å². The summed E-state index contributed by atoms with van der Waals surface area (Å²) >= 11 is 1.50. The van der Waals surface area contributed by atoms with Crippen LogP contribution in [0.1, 0.15) is 87.8 Å². The number of imidazole rings is 1. The number of benzene rings is 1. The molecule has 0 bridgehead atoms. The summed E-state index contributed by atoms with van der Waals surface area (Å²) in [6.07, 6.45) is 5.62. The van der Waals surface area contributed by atoms with Crippen LogP contribution in [0.4, 0.5) is 4.39 Å². The highest BCUT2D eigenvalue weighted by molar-refractivity contribution is 8.01. The summed E-state index contributed by atoms with van der Waals surface area (Å²) in [7, 11) is 0. The molecule has 3 aliphatic heterocycles. The number of rotatable bonds is 7. The zero-order valence-corrected chi connectivity index (χ0v) is 26.7. The Bertz CT molecular complexity index is 1570. The van der Waals surface area contributed by atoms with Crippen molar-refractivity contribution in [3.05, 3.63) is 64.0 Å². The van der Waals surface area contributed by atoms with Crippen molar-refractivity contribution in [1.82, 2.24) is 29.7 Å². The molecule has 2 aromatic heterocycles. The number of aromatic nitrogens is 3. The van der Waals surface area contributed by atoms with Crippen LogP contribution in [0.3, 0.4) is 0 Å². The van der Waals surface area contributed by atoms with E-state index < -0.39 is 5.25 Å². The highest BCUT2D eigenvalue weighted by Crippen LogP contribution is 2.48. The van der Waals surface area contributed by atoms with Gasteiger partial charge in [0.1, 0.15) is 11.2 Å². The number of carbonyl (C=O) groups is 2. The van der Waals surface area contributed by atoms with Gasteiger partial charge in [0.25, 0.3) is 0 Å². The Morgan fingerprint density at radius 2 is 1.82 bits per heavy atom. The van der Waals surface area contributed by atoms with Gasteiger partial charge in [-0.2, -0.15) is 0 Å². The Hall–Kier alpha value is -3.18. The number of nitrogens with one attached hydrogen (secondary N) is 2. The third-order valence-electron chi connectivity index (χ3n) is 9.37. The maximum Gasteiger partial charge on any atom is 0.327 e. The molecule has 9 nitrogen and oxygen atoms in total. The quantitative estimate of drug-likeness (QED) is 0.386. The van der Waals surface area contributed by atoms with Crippen molar-refractivity contribution >= 4 is 34.7 Å². The van der Waals surface area contributed by atoms with Gasteiger partial charge >= 0.3 is 5.69 Å². The lowest BCUT2D eigenvalue weighted by Gasteiger charge is -2.33. The fourth-order valence-corrected chi connectivity index (χ4v) is 8.45. The maximum absolute atomic E-state index is 15.5. The number of H-pyrrole nitrogens is 1. The van der Waals surface area contributed by atoms with Gasteiger partial charge in [0.05, 0.1) is 10.8 Å². The lowest BCUT2D eigenvalue weighted by molar-refractivity contribution is -0.136. The summed E-state index contributed by atoms with van der Waals surface area (Å²) in [6, 6.07) is 8.95. The van der Waals surface area contributed by atoms with E-state index in [9.17, 15) is 14.4 Å². The number of pyridine rings is 1. The summed E-state index contributed by atoms with van der Waals surface area (Å²) < 4.78 is 17.2. The lowest BCUT2D eigenvalue weighted by Crippen LogP contribution is -2.42. The van der Waals surface area contributed by atoms with E-state index in [-0.39, 0.29) is 52.5 Å². The van der Waals surface area contributed by atoms with Crippen molar-refractivity contribution < 1.29 is 14.0 Å². The Kier molecular flexibility index (Phi) is 8.88. The number of nitrogens with zero attached hydrogens (tertiary/aromatic N) is 4. The molecule has 236 valence electrons. The molecule has 6 rings (SSSR count). The molecular formula is C33H43FN6O3S. The number of hydrogen-bond donors (Lipinski definition) is 2. The van der Waals surface area contributed by atoms with Crippen molar-refractivity contribution in [2.75, 3.05) is 32.7 Å². The van der Waals surface area contributed by atoms with Crippen LogP contribution in [0, 0.1) is 11.2 Å². The van der Waals surface area contributed by atoms with E-state index >= 15 is 4.39 Å².